The first-order chi connectivity index (χ1) is 6.24. The lowest BCUT2D eigenvalue weighted by atomic mass is 9.99. The van der Waals surface area contributed by atoms with Gasteiger partial charge in [0, 0.05) is 0 Å². The zero-order valence-corrected chi connectivity index (χ0v) is 7.12. The predicted octanol–water partition coefficient (Wildman–Crippen LogP) is 3.28. The van der Waals surface area contributed by atoms with E-state index in [4.69, 9.17) is 0 Å². The Morgan fingerprint density at radius 1 is 0.923 bits per heavy atom. The van der Waals surface area contributed by atoms with Crippen molar-refractivity contribution in [3.8, 4) is 0 Å². The molecule has 1 radical (unpaired) electrons. The SMILES string of the molecule is [CH2]c1ccc(CF)c(CF)c1CF. The van der Waals surface area contributed by atoms with E-state index in [1.54, 1.807) is 0 Å². The molecule has 0 fully saturated rings. The highest BCUT2D eigenvalue weighted by molar-refractivity contribution is 5.41. The van der Waals surface area contributed by atoms with E-state index in [-0.39, 0.29) is 16.7 Å². The second-order valence-electron chi connectivity index (χ2n) is 2.74. The van der Waals surface area contributed by atoms with Gasteiger partial charge in [-0.1, -0.05) is 12.1 Å². The molecular formula is C10H10F3. The van der Waals surface area contributed by atoms with Crippen LogP contribution in [0.4, 0.5) is 13.2 Å². The number of benzene rings is 1. The van der Waals surface area contributed by atoms with Gasteiger partial charge in [0.25, 0.3) is 0 Å². The van der Waals surface area contributed by atoms with Crippen LogP contribution in [0.1, 0.15) is 22.3 Å². The highest BCUT2D eigenvalue weighted by atomic mass is 19.1. The van der Waals surface area contributed by atoms with Crippen LogP contribution in [0.2, 0.25) is 0 Å². The van der Waals surface area contributed by atoms with Gasteiger partial charge in [-0.25, -0.2) is 13.2 Å². The summed E-state index contributed by atoms with van der Waals surface area (Å²) >= 11 is 0. The predicted molar refractivity (Wildman–Crippen MR) is 45.3 cm³/mol. The van der Waals surface area contributed by atoms with Crippen LogP contribution in [0.15, 0.2) is 12.1 Å². The lowest BCUT2D eigenvalue weighted by Crippen LogP contribution is -1.98. The Hall–Kier alpha value is -0.990. The maximum Gasteiger partial charge on any atom is 0.115 e. The van der Waals surface area contributed by atoms with Gasteiger partial charge in [-0.3, -0.25) is 0 Å². The number of rotatable bonds is 3. The highest BCUT2D eigenvalue weighted by Crippen LogP contribution is 2.22. The Bertz CT molecular complexity index is 294. The monoisotopic (exact) mass is 187 g/mol. The lowest BCUT2D eigenvalue weighted by molar-refractivity contribution is 0.436. The van der Waals surface area contributed by atoms with Crippen LogP contribution >= 0.6 is 0 Å². The van der Waals surface area contributed by atoms with Crippen molar-refractivity contribution in [3.05, 3.63) is 41.3 Å². The molecule has 0 aromatic heterocycles. The van der Waals surface area contributed by atoms with Gasteiger partial charge < -0.3 is 0 Å². The van der Waals surface area contributed by atoms with Crippen molar-refractivity contribution < 1.29 is 13.2 Å². The molecular weight excluding hydrogens is 177 g/mol. The molecule has 0 aliphatic rings. The topological polar surface area (TPSA) is 0 Å². The number of hydrogen-bond donors (Lipinski definition) is 0. The summed E-state index contributed by atoms with van der Waals surface area (Å²) in [6.45, 7) is 1.13. The molecule has 1 aromatic rings. The summed E-state index contributed by atoms with van der Waals surface area (Å²) < 4.78 is 37.2. The van der Waals surface area contributed by atoms with Crippen molar-refractivity contribution >= 4 is 0 Å². The van der Waals surface area contributed by atoms with Gasteiger partial charge in [0.2, 0.25) is 0 Å². The average Bonchev–Trinajstić information content (AvgIpc) is 2.17. The number of halogens is 3. The minimum absolute atomic E-state index is 0.109. The molecule has 0 nitrogen and oxygen atoms in total. The van der Waals surface area contributed by atoms with E-state index in [0.717, 1.165) is 0 Å². The van der Waals surface area contributed by atoms with Gasteiger partial charge >= 0.3 is 0 Å². The molecule has 0 amide bonds. The lowest BCUT2D eigenvalue weighted by Gasteiger charge is -2.10. The summed E-state index contributed by atoms with van der Waals surface area (Å²) in [6, 6.07) is 2.94. The van der Waals surface area contributed by atoms with Crippen LogP contribution in [-0.4, -0.2) is 0 Å². The first-order valence-corrected chi connectivity index (χ1v) is 3.88. The third-order valence-corrected chi connectivity index (χ3v) is 2.04. The summed E-state index contributed by atoms with van der Waals surface area (Å²) in [5.74, 6) is 0. The van der Waals surface area contributed by atoms with E-state index >= 15 is 0 Å². The largest absolute Gasteiger partial charge is 0.246 e. The minimum Gasteiger partial charge on any atom is -0.246 e. The van der Waals surface area contributed by atoms with Gasteiger partial charge in [-0.2, -0.15) is 0 Å². The molecule has 0 aliphatic carbocycles. The van der Waals surface area contributed by atoms with Crippen molar-refractivity contribution in [1.29, 1.82) is 0 Å². The fourth-order valence-electron chi connectivity index (χ4n) is 1.25. The zero-order valence-electron chi connectivity index (χ0n) is 7.12. The fourth-order valence-corrected chi connectivity index (χ4v) is 1.25. The molecule has 0 saturated carbocycles. The normalized spacial score (nSPS) is 10.5. The van der Waals surface area contributed by atoms with Crippen molar-refractivity contribution in [2.45, 2.75) is 20.0 Å². The second kappa shape index (κ2) is 4.30. The first-order valence-electron chi connectivity index (χ1n) is 3.88. The Morgan fingerprint density at radius 2 is 1.54 bits per heavy atom. The Labute approximate surface area is 75.4 Å². The number of alkyl halides is 3. The molecule has 0 saturated heterocycles. The molecule has 0 atom stereocenters. The molecule has 71 valence electrons. The van der Waals surface area contributed by atoms with E-state index in [9.17, 15) is 13.2 Å². The van der Waals surface area contributed by atoms with E-state index in [1.807, 2.05) is 0 Å². The molecule has 0 N–H and O–H groups in total. The molecule has 13 heavy (non-hydrogen) atoms. The van der Waals surface area contributed by atoms with Gasteiger partial charge in [-0.05, 0) is 29.2 Å². The average molecular weight is 187 g/mol. The third-order valence-electron chi connectivity index (χ3n) is 2.04. The molecule has 0 bridgehead atoms. The standard InChI is InChI=1S/C10H10F3/c1-7-2-3-8(4-11)10(6-13)9(7)5-12/h2-3H,1,4-6H2. The van der Waals surface area contributed by atoms with Crippen molar-refractivity contribution in [3.63, 3.8) is 0 Å². The summed E-state index contributed by atoms with van der Waals surface area (Å²) in [5.41, 5.74) is 0.921. The van der Waals surface area contributed by atoms with Gasteiger partial charge in [-0.15, -0.1) is 0 Å². The molecule has 1 rings (SSSR count). The Balaban J connectivity index is 3.27. The Morgan fingerprint density at radius 3 is 2.00 bits per heavy atom. The van der Waals surface area contributed by atoms with E-state index in [2.05, 4.69) is 6.92 Å². The van der Waals surface area contributed by atoms with Crippen LogP contribution in [0.25, 0.3) is 0 Å². The molecule has 3 heteroatoms. The Kier molecular flexibility index (Phi) is 3.34. The summed E-state index contributed by atoms with van der Waals surface area (Å²) in [6.07, 6.45) is 0. The van der Waals surface area contributed by atoms with Crippen LogP contribution in [0.5, 0.6) is 0 Å². The molecule has 0 spiro atoms. The van der Waals surface area contributed by atoms with Crippen molar-refractivity contribution in [1.82, 2.24) is 0 Å². The van der Waals surface area contributed by atoms with Crippen LogP contribution < -0.4 is 0 Å². The quantitative estimate of drug-likeness (QED) is 0.681. The maximum atomic E-state index is 12.4. The summed E-state index contributed by atoms with van der Waals surface area (Å²) in [7, 11) is 0. The van der Waals surface area contributed by atoms with Crippen LogP contribution in [0.3, 0.4) is 0 Å². The highest BCUT2D eigenvalue weighted by Gasteiger charge is 2.10. The van der Waals surface area contributed by atoms with Crippen molar-refractivity contribution in [2.24, 2.45) is 0 Å². The maximum absolute atomic E-state index is 12.4. The third kappa shape index (κ3) is 1.85. The molecule has 0 unspecified atom stereocenters. The first kappa shape index (κ1) is 10.1. The van der Waals surface area contributed by atoms with Gasteiger partial charge in [0.15, 0.2) is 0 Å². The van der Waals surface area contributed by atoms with Gasteiger partial charge in [0.05, 0.1) is 0 Å². The second-order valence-corrected chi connectivity index (χ2v) is 2.74. The van der Waals surface area contributed by atoms with Gasteiger partial charge in [0.1, 0.15) is 20.0 Å². The van der Waals surface area contributed by atoms with E-state index in [1.165, 1.54) is 12.1 Å². The molecule has 0 heterocycles. The summed E-state index contributed by atoms with van der Waals surface area (Å²) in [4.78, 5) is 0. The number of hydrogen-bond acceptors (Lipinski definition) is 0. The fraction of sp³-hybridized carbons (Fsp3) is 0.300. The van der Waals surface area contributed by atoms with E-state index in [0.29, 0.717) is 5.56 Å². The van der Waals surface area contributed by atoms with Crippen LogP contribution in [0, 0.1) is 6.92 Å². The molecule has 0 aliphatic heterocycles. The van der Waals surface area contributed by atoms with Crippen LogP contribution in [-0.2, 0) is 20.0 Å². The van der Waals surface area contributed by atoms with E-state index < -0.39 is 20.0 Å². The zero-order chi connectivity index (χ0) is 9.84. The smallest absolute Gasteiger partial charge is 0.115 e. The molecule has 1 aromatic carbocycles. The minimum atomic E-state index is -0.845. The van der Waals surface area contributed by atoms with Crippen molar-refractivity contribution in [2.75, 3.05) is 0 Å². The summed E-state index contributed by atoms with van der Waals surface area (Å²) in [5, 5.41) is 0.